The molecule has 11 nitrogen and oxygen atoms in total. The third kappa shape index (κ3) is 5.66. The van der Waals surface area contributed by atoms with E-state index in [2.05, 4.69) is 10.3 Å². The highest BCUT2D eigenvalue weighted by molar-refractivity contribution is 7.89. The number of piperidine rings is 1. The summed E-state index contributed by atoms with van der Waals surface area (Å²) in [5.41, 5.74) is -0.0122. The molecule has 0 aliphatic carbocycles. The second kappa shape index (κ2) is 9.71. The van der Waals surface area contributed by atoms with Crippen LogP contribution in [0.15, 0.2) is 35.4 Å². The van der Waals surface area contributed by atoms with Gasteiger partial charge in [-0.25, -0.2) is 18.2 Å². The lowest BCUT2D eigenvalue weighted by Crippen LogP contribution is -2.42. The van der Waals surface area contributed by atoms with E-state index in [0.29, 0.717) is 24.4 Å². The van der Waals surface area contributed by atoms with E-state index in [1.165, 1.54) is 28.6 Å². The fraction of sp³-hybridized carbons (Fsp3) is 0.421. The number of carbonyl (C=O) groups excluding carboxylic acids is 2. The van der Waals surface area contributed by atoms with Crippen LogP contribution in [0.1, 0.15) is 30.6 Å². The van der Waals surface area contributed by atoms with Crippen LogP contribution in [0.3, 0.4) is 0 Å². The van der Waals surface area contributed by atoms with Gasteiger partial charge in [0.1, 0.15) is 6.20 Å². The van der Waals surface area contributed by atoms with E-state index >= 15 is 0 Å². The van der Waals surface area contributed by atoms with Crippen molar-refractivity contribution in [1.82, 2.24) is 9.29 Å². The molecule has 1 aromatic heterocycles. The first-order chi connectivity index (χ1) is 15.1. The van der Waals surface area contributed by atoms with Gasteiger partial charge in [-0.2, -0.15) is 4.31 Å². The zero-order chi connectivity index (χ0) is 23.5. The summed E-state index contributed by atoms with van der Waals surface area (Å²) in [6.45, 7) is 4.17. The minimum Gasteiger partial charge on any atom is -0.452 e. The SMILES string of the molecule is CC1CC(C)CN(S(=O)(=O)c2cccc(C(=O)OCC(=O)Nc3ncc([N+](=O)[O-])s3)c2)C1. The van der Waals surface area contributed by atoms with Crippen molar-refractivity contribution < 1.29 is 27.7 Å². The summed E-state index contributed by atoms with van der Waals surface area (Å²) in [6.07, 6.45) is 1.96. The molecule has 172 valence electrons. The number of nitrogens with zero attached hydrogens (tertiary/aromatic N) is 3. The fourth-order valence-corrected chi connectivity index (χ4v) is 5.89. The van der Waals surface area contributed by atoms with Crippen LogP contribution in [0.25, 0.3) is 0 Å². The highest BCUT2D eigenvalue weighted by Crippen LogP contribution is 2.27. The molecule has 0 radical (unpaired) electrons. The number of nitro groups is 1. The molecule has 1 aromatic carbocycles. The Labute approximate surface area is 188 Å². The van der Waals surface area contributed by atoms with Gasteiger partial charge in [-0.15, -0.1) is 0 Å². The molecule has 13 heteroatoms. The molecule has 0 saturated carbocycles. The second-order valence-electron chi connectivity index (χ2n) is 7.68. The zero-order valence-electron chi connectivity index (χ0n) is 17.4. The minimum atomic E-state index is -3.78. The first-order valence-electron chi connectivity index (χ1n) is 9.73. The Hall–Kier alpha value is -2.90. The quantitative estimate of drug-likeness (QED) is 0.359. The van der Waals surface area contributed by atoms with Gasteiger partial charge < -0.3 is 4.74 Å². The van der Waals surface area contributed by atoms with E-state index < -0.39 is 33.4 Å². The smallest absolute Gasteiger partial charge is 0.345 e. The number of rotatable bonds is 7. The van der Waals surface area contributed by atoms with Gasteiger partial charge in [-0.05, 0) is 47.8 Å². The predicted octanol–water partition coefficient (Wildman–Crippen LogP) is 2.51. The standard InChI is InChI=1S/C19H22N4O7S2/c1-12-6-13(2)10-22(9-12)32(28,29)15-5-3-4-14(7-15)18(25)30-11-16(24)21-19-20-8-17(31-19)23(26)27/h3-5,7-8,12-13H,6,9-11H2,1-2H3,(H,20,21,24). The molecule has 2 atom stereocenters. The maximum atomic E-state index is 13.0. The van der Waals surface area contributed by atoms with Gasteiger partial charge in [0.25, 0.3) is 5.91 Å². The molecule has 1 N–H and O–H groups in total. The topological polar surface area (TPSA) is 149 Å². The van der Waals surface area contributed by atoms with Crippen LogP contribution >= 0.6 is 11.3 Å². The van der Waals surface area contributed by atoms with Gasteiger partial charge in [-0.1, -0.05) is 19.9 Å². The monoisotopic (exact) mass is 482 g/mol. The average molecular weight is 483 g/mol. The largest absolute Gasteiger partial charge is 0.452 e. The molecule has 0 bridgehead atoms. The Kier molecular flexibility index (Phi) is 7.21. The van der Waals surface area contributed by atoms with Gasteiger partial charge in [0, 0.05) is 13.1 Å². The van der Waals surface area contributed by atoms with Crippen molar-refractivity contribution in [3.05, 3.63) is 46.1 Å². The molecule has 2 aromatic rings. The molecule has 3 rings (SSSR count). The van der Waals surface area contributed by atoms with Gasteiger partial charge in [0.15, 0.2) is 11.7 Å². The summed E-state index contributed by atoms with van der Waals surface area (Å²) in [6, 6.07) is 5.47. The van der Waals surface area contributed by atoms with E-state index in [-0.39, 0.29) is 32.4 Å². The number of benzene rings is 1. The Morgan fingerprint density at radius 3 is 2.62 bits per heavy atom. The number of aromatic nitrogens is 1. The Bertz CT molecular complexity index is 1120. The number of nitrogens with one attached hydrogen (secondary N) is 1. The first kappa shape index (κ1) is 23.8. The van der Waals surface area contributed by atoms with E-state index in [9.17, 15) is 28.1 Å². The number of ether oxygens (including phenoxy) is 1. The Morgan fingerprint density at radius 1 is 1.31 bits per heavy atom. The lowest BCUT2D eigenvalue weighted by atomic mass is 9.94. The molecule has 1 amide bonds. The third-order valence-corrected chi connectivity index (χ3v) is 7.49. The Morgan fingerprint density at radius 2 is 2.00 bits per heavy atom. The number of sulfonamides is 1. The molecule has 1 aliphatic rings. The molecule has 1 fully saturated rings. The summed E-state index contributed by atoms with van der Waals surface area (Å²) in [5.74, 6) is -1.13. The molecular formula is C19H22N4O7S2. The number of anilines is 1. The van der Waals surface area contributed by atoms with Crippen LogP contribution in [0, 0.1) is 22.0 Å². The van der Waals surface area contributed by atoms with Crippen molar-refractivity contribution >= 4 is 43.4 Å². The average Bonchev–Trinajstić information content (AvgIpc) is 3.20. The van der Waals surface area contributed by atoms with Gasteiger partial charge in [0.05, 0.1) is 15.4 Å². The van der Waals surface area contributed by atoms with Crippen molar-refractivity contribution in [2.24, 2.45) is 11.8 Å². The summed E-state index contributed by atoms with van der Waals surface area (Å²) >= 11 is 0.664. The normalized spacial score (nSPS) is 19.3. The van der Waals surface area contributed by atoms with E-state index in [1.807, 2.05) is 13.8 Å². The predicted molar refractivity (Wildman–Crippen MR) is 116 cm³/mol. The van der Waals surface area contributed by atoms with Crippen molar-refractivity contribution in [2.45, 2.75) is 25.2 Å². The van der Waals surface area contributed by atoms with Crippen LogP contribution in [-0.4, -0.2) is 54.2 Å². The van der Waals surface area contributed by atoms with Crippen LogP contribution in [-0.2, 0) is 19.6 Å². The summed E-state index contributed by atoms with van der Waals surface area (Å²) in [7, 11) is -3.78. The second-order valence-corrected chi connectivity index (χ2v) is 10.6. The van der Waals surface area contributed by atoms with Crippen molar-refractivity contribution in [3.8, 4) is 0 Å². The van der Waals surface area contributed by atoms with Gasteiger partial charge in [-0.3, -0.25) is 20.2 Å². The number of esters is 1. The molecular weight excluding hydrogens is 460 g/mol. The van der Waals surface area contributed by atoms with Crippen LogP contribution in [0.4, 0.5) is 10.1 Å². The Balaban J connectivity index is 1.63. The summed E-state index contributed by atoms with van der Waals surface area (Å²) in [4.78, 5) is 37.9. The summed E-state index contributed by atoms with van der Waals surface area (Å²) < 4.78 is 32.4. The third-order valence-electron chi connectivity index (χ3n) is 4.80. The van der Waals surface area contributed by atoms with Crippen LogP contribution < -0.4 is 5.32 Å². The number of hydrogen-bond acceptors (Lipinski definition) is 9. The highest BCUT2D eigenvalue weighted by Gasteiger charge is 2.32. The van der Waals surface area contributed by atoms with Crippen LogP contribution in [0.5, 0.6) is 0 Å². The molecule has 0 spiro atoms. The molecule has 2 heterocycles. The van der Waals surface area contributed by atoms with E-state index in [1.54, 1.807) is 0 Å². The lowest BCUT2D eigenvalue weighted by molar-refractivity contribution is -0.380. The number of thiazole rings is 1. The van der Waals surface area contributed by atoms with Crippen LogP contribution in [0.2, 0.25) is 0 Å². The minimum absolute atomic E-state index is 0.00386. The van der Waals surface area contributed by atoms with Crippen molar-refractivity contribution in [3.63, 3.8) is 0 Å². The molecule has 1 saturated heterocycles. The molecule has 2 unspecified atom stereocenters. The number of carbonyl (C=O) groups is 2. The fourth-order valence-electron chi connectivity index (χ4n) is 3.51. The maximum Gasteiger partial charge on any atom is 0.345 e. The van der Waals surface area contributed by atoms with Crippen molar-refractivity contribution in [2.75, 3.05) is 25.0 Å². The maximum absolute atomic E-state index is 13.0. The summed E-state index contributed by atoms with van der Waals surface area (Å²) in [5, 5.41) is 12.7. The van der Waals surface area contributed by atoms with Gasteiger partial charge >= 0.3 is 11.0 Å². The van der Waals surface area contributed by atoms with E-state index in [0.717, 1.165) is 12.6 Å². The molecule has 32 heavy (non-hydrogen) atoms. The number of hydrogen-bond donors (Lipinski definition) is 1. The lowest BCUT2D eigenvalue weighted by Gasteiger charge is -2.34. The number of amides is 1. The molecule has 1 aliphatic heterocycles. The zero-order valence-corrected chi connectivity index (χ0v) is 19.0. The van der Waals surface area contributed by atoms with E-state index in [4.69, 9.17) is 4.74 Å². The first-order valence-corrected chi connectivity index (χ1v) is 12.0. The van der Waals surface area contributed by atoms with Gasteiger partial charge in [0.2, 0.25) is 10.0 Å². The van der Waals surface area contributed by atoms with Crippen molar-refractivity contribution in [1.29, 1.82) is 0 Å². The highest BCUT2D eigenvalue weighted by atomic mass is 32.2.